The highest BCUT2D eigenvalue weighted by molar-refractivity contribution is 6.50. The van der Waals surface area contributed by atoms with Gasteiger partial charge in [0.15, 0.2) is 5.54 Å². The Kier molecular flexibility index (Phi) is 7.45. The number of aliphatic hydroxyl groups excluding tert-OH is 1. The van der Waals surface area contributed by atoms with Gasteiger partial charge in [0.2, 0.25) is 0 Å². The zero-order valence-electron chi connectivity index (χ0n) is 21.0. The molecule has 1 atom stereocenters. The van der Waals surface area contributed by atoms with Crippen LogP contribution in [0.25, 0.3) is 5.76 Å². The first-order valence-electron chi connectivity index (χ1n) is 12.4. The molecule has 2 aromatic rings. The molecule has 0 bridgehead atoms. The van der Waals surface area contributed by atoms with Gasteiger partial charge in [0.05, 0.1) is 24.5 Å². The quantitative estimate of drug-likeness (QED) is 0.308. The van der Waals surface area contributed by atoms with Gasteiger partial charge in [-0.1, -0.05) is 38.5 Å². The molecule has 1 N–H and O–H groups in total. The molecule has 0 aliphatic carbocycles. The summed E-state index contributed by atoms with van der Waals surface area (Å²) in [6.07, 6.45) is 2.47. The maximum atomic E-state index is 14.2. The summed E-state index contributed by atoms with van der Waals surface area (Å²) in [5.41, 5.74) is -0.527. The van der Waals surface area contributed by atoms with Gasteiger partial charge < -0.3 is 24.4 Å². The Morgan fingerprint density at radius 3 is 2.33 bits per heavy atom. The molecule has 190 valence electrons. The maximum absolute atomic E-state index is 14.2. The summed E-state index contributed by atoms with van der Waals surface area (Å²) in [4.78, 5) is 44.0. The molecule has 1 fully saturated rings. The van der Waals surface area contributed by atoms with E-state index in [0.717, 1.165) is 19.3 Å². The van der Waals surface area contributed by atoms with Crippen LogP contribution in [-0.4, -0.2) is 61.0 Å². The third kappa shape index (κ3) is 3.95. The number of nitrogens with zero attached hydrogens (tertiary/aromatic N) is 2. The van der Waals surface area contributed by atoms with Crippen LogP contribution < -0.4 is 9.64 Å². The Morgan fingerprint density at radius 2 is 1.67 bits per heavy atom. The summed E-state index contributed by atoms with van der Waals surface area (Å²) in [5, 5.41) is 11.5. The van der Waals surface area contributed by atoms with Crippen molar-refractivity contribution >= 4 is 29.0 Å². The van der Waals surface area contributed by atoms with Crippen LogP contribution in [0, 0.1) is 0 Å². The number of ether oxygens (including phenoxy) is 2. The zero-order chi connectivity index (χ0) is 25.9. The van der Waals surface area contributed by atoms with Crippen molar-refractivity contribution in [3.63, 3.8) is 0 Å². The van der Waals surface area contributed by atoms with Crippen molar-refractivity contribution < 1.29 is 29.0 Å². The molecule has 8 heteroatoms. The molecule has 36 heavy (non-hydrogen) atoms. The summed E-state index contributed by atoms with van der Waals surface area (Å²) >= 11 is 0. The summed E-state index contributed by atoms with van der Waals surface area (Å²) in [7, 11) is 1.49. The molecule has 0 saturated carbocycles. The minimum atomic E-state index is -1.77. The highest BCUT2D eigenvalue weighted by Crippen LogP contribution is 2.53. The van der Waals surface area contributed by atoms with Crippen molar-refractivity contribution in [1.29, 1.82) is 0 Å². The smallest absolute Gasteiger partial charge is 0.296 e. The van der Waals surface area contributed by atoms with E-state index in [4.69, 9.17) is 9.47 Å². The fourth-order valence-corrected chi connectivity index (χ4v) is 4.96. The number of carbonyl (C=O) groups excluding carboxylic acids is 3. The van der Waals surface area contributed by atoms with E-state index in [1.165, 1.54) is 12.0 Å². The van der Waals surface area contributed by atoms with Crippen LogP contribution >= 0.6 is 0 Å². The van der Waals surface area contributed by atoms with E-state index in [1.54, 1.807) is 41.3 Å². The number of hydrogen-bond donors (Lipinski definition) is 1. The molecule has 0 aromatic heterocycles. The van der Waals surface area contributed by atoms with E-state index in [0.29, 0.717) is 35.7 Å². The van der Waals surface area contributed by atoms with Crippen molar-refractivity contribution in [3.05, 3.63) is 65.2 Å². The van der Waals surface area contributed by atoms with Gasteiger partial charge in [-0.15, -0.1) is 0 Å². The van der Waals surface area contributed by atoms with E-state index in [2.05, 4.69) is 0 Å². The third-order valence-corrected chi connectivity index (χ3v) is 6.66. The maximum Gasteiger partial charge on any atom is 0.296 e. The fraction of sp³-hybridized carbons (Fsp3) is 0.393. The first-order chi connectivity index (χ1) is 17.4. The molecular formula is C28H32N2O6. The van der Waals surface area contributed by atoms with Crippen LogP contribution in [0.1, 0.15) is 44.2 Å². The predicted octanol–water partition coefficient (Wildman–Crippen LogP) is 3.84. The van der Waals surface area contributed by atoms with E-state index >= 15 is 0 Å². The normalized spacial score (nSPS) is 20.5. The topological polar surface area (TPSA) is 96.4 Å². The average Bonchev–Trinajstić information content (AvgIpc) is 3.27. The summed E-state index contributed by atoms with van der Waals surface area (Å²) in [5.74, 6) is -1.92. The van der Waals surface area contributed by atoms with Crippen molar-refractivity contribution in [2.75, 3.05) is 38.3 Å². The average molecular weight is 493 g/mol. The van der Waals surface area contributed by atoms with Crippen molar-refractivity contribution in [2.24, 2.45) is 0 Å². The Hall–Kier alpha value is -3.65. The van der Waals surface area contributed by atoms with Crippen LogP contribution in [0.5, 0.6) is 5.75 Å². The van der Waals surface area contributed by atoms with Gasteiger partial charge >= 0.3 is 0 Å². The van der Waals surface area contributed by atoms with Crippen molar-refractivity contribution in [3.8, 4) is 5.75 Å². The molecule has 2 aromatic carbocycles. The molecule has 8 nitrogen and oxygen atoms in total. The number of fused-ring (bicyclic) bond motifs is 2. The lowest BCUT2D eigenvalue weighted by atomic mass is 9.82. The monoisotopic (exact) mass is 492 g/mol. The highest BCUT2D eigenvalue weighted by Gasteiger charge is 2.66. The molecule has 4 rings (SSSR count). The second-order valence-electron chi connectivity index (χ2n) is 8.91. The van der Waals surface area contributed by atoms with Gasteiger partial charge in [-0.2, -0.15) is 0 Å². The largest absolute Gasteiger partial charge is 0.507 e. The van der Waals surface area contributed by atoms with E-state index in [-0.39, 0.29) is 18.7 Å². The first-order valence-corrected chi connectivity index (χ1v) is 12.4. The van der Waals surface area contributed by atoms with Crippen LogP contribution in [0.4, 0.5) is 5.69 Å². The second-order valence-corrected chi connectivity index (χ2v) is 8.91. The van der Waals surface area contributed by atoms with Gasteiger partial charge in [-0.25, -0.2) is 0 Å². The molecule has 2 aliphatic rings. The standard InChI is InChI=1S/C28H32N2O6/c1-4-6-15-29-22-10-8-7-9-21(22)28(27(29)34)23(25(32)26(33)30(28)16-18-35-3)24(31)19-11-13-20(14-12-19)36-17-5-2/h7-14,31H,4-6,15-18H2,1-3H3/b24-23-. The number of ketones is 1. The summed E-state index contributed by atoms with van der Waals surface area (Å²) in [6.45, 7) is 5.16. The number of amides is 2. The third-order valence-electron chi connectivity index (χ3n) is 6.66. The summed E-state index contributed by atoms with van der Waals surface area (Å²) in [6, 6.07) is 13.8. The van der Waals surface area contributed by atoms with Crippen molar-refractivity contribution in [1.82, 2.24) is 4.90 Å². The predicted molar refractivity (Wildman–Crippen MR) is 136 cm³/mol. The number of aliphatic hydroxyl groups is 1. The minimum Gasteiger partial charge on any atom is -0.507 e. The molecule has 1 spiro atoms. The molecule has 0 radical (unpaired) electrons. The molecular weight excluding hydrogens is 460 g/mol. The lowest BCUT2D eigenvalue weighted by Crippen LogP contribution is -2.52. The highest BCUT2D eigenvalue weighted by atomic mass is 16.5. The number of benzene rings is 2. The van der Waals surface area contributed by atoms with Crippen LogP contribution in [0.2, 0.25) is 0 Å². The van der Waals surface area contributed by atoms with Crippen LogP contribution in [-0.2, 0) is 24.7 Å². The number of likely N-dealkylation sites (tertiary alicyclic amines) is 1. The minimum absolute atomic E-state index is 0.0172. The Bertz CT molecular complexity index is 1190. The number of hydrogen-bond acceptors (Lipinski definition) is 6. The number of Topliss-reactive ketones (excluding diaryl/α,β-unsaturated/α-hetero) is 1. The molecule has 1 saturated heterocycles. The lowest BCUT2D eigenvalue weighted by molar-refractivity contribution is -0.144. The number of unbranched alkanes of at least 4 members (excludes halogenated alkanes) is 1. The molecule has 2 amide bonds. The van der Waals surface area contributed by atoms with Gasteiger partial charge in [-0.3, -0.25) is 14.4 Å². The number of carbonyl (C=O) groups is 3. The van der Waals surface area contributed by atoms with Gasteiger partial charge in [-0.05, 0) is 43.2 Å². The zero-order valence-corrected chi connectivity index (χ0v) is 21.0. The van der Waals surface area contributed by atoms with Gasteiger partial charge in [0, 0.05) is 31.3 Å². The molecule has 2 aliphatic heterocycles. The second kappa shape index (κ2) is 10.5. The van der Waals surface area contributed by atoms with Gasteiger partial charge in [0.25, 0.3) is 17.6 Å². The Labute approximate surface area is 211 Å². The van der Waals surface area contributed by atoms with E-state index < -0.39 is 28.9 Å². The van der Waals surface area contributed by atoms with Gasteiger partial charge in [0.1, 0.15) is 11.5 Å². The number of rotatable bonds is 10. The van der Waals surface area contributed by atoms with Crippen LogP contribution in [0.15, 0.2) is 54.1 Å². The lowest BCUT2D eigenvalue weighted by Gasteiger charge is -2.34. The SMILES string of the molecule is CCCCN1C(=O)C2(/C(=C(\O)c3ccc(OCCC)cc3)C(=O)C(=O)N2CCOC)c2ccccc21. The van der Waals surface area contributed by atoms with E-state index in [1.807, 2.05) is 26.0 Å². The summed E-state index contributed by atoms with van der Waals surface area (Å²) < 4.78 is 10.8. The Balaban J connectivity index is 1.93. The Morgan fingerprint density at radius 1 is 0.944 bits per heavy atom. The molecule has 2 heterocycles. The number of para-hydroxylation sites is 1. The van der Waals surface area contributed by atoms with E-state index in [9.17, 15) is 19.5 Å². The number of methoxy groups -OCH3 is 1. The first kappa shape index (κ1) is 25.4. The number of anilines is 1. The fourth-order valence-electron chi connectivity index (χ4n) is 4.96. The molecule has 1 unspecified atom stereocenters. The van der Waals surface area contributed by atoms with Crippen LogP contribution in [0.3, 0.4) is 0 Å². The van der Waals surface area contributed by atoms with Crippen molar-refractivity contribution in [2.45, 2.75) is 38.6 Å².